The number of pyridine rings is 1. The zero-order valence-electron chi connectivity index (χ0n) is 18.9. The zero-order valence-corrected chi connectivity index (χ0v) is 18.9. The molecule has 0 aliphatic rings. The van der Waals surface area contributed by atoms with E-state index in [0.717, 1.165) is 33.7 Å². The number of hydrogen-bond donors (Lipinski definition) is 1. The molecule has 0 saturated heterocycles. The summed E-state index contributed by atoms with van der Waals surface area (Å²) in [5.74, 6) is -0.657. The summed E-state index contributed by atoms with van der Waals surface area (Å²) in [5.41, 5.74) is 4.11. The first-order valence-electron chi connectivity index (χ1n) is 10.8. The number of rotatable bonds is 8. The molecule has 4 aromatic rings. The van der Waals surface area contributed by atoms with Crippen molar-refractivity contribution in [1.29, 1.82) is 0 Å². The van der Waals surface area contributed by atoms with Crippen LogP contribution in [-0.2, 0) is 11.3 Å². The smallest absolute Gasteiger partial charge is 0.163 e. The molecule has 5 nitrogen and oxygen atoms in total. The number of allylic oxidation sites excluding steroid dienone is 3. The van der Waals surface area contributed by atoms with Gasteiger partial charge in [0.05, 0.1) is 12.1 Å². The van der Waals surface area contributed by atoms with Crippen LogP contribution in [0.25, 0.3) is 27.9 Å². The highest BCUT2D eigenvalue weighted by Gasteiger charge is 2.12. The normalized spacial score (nSPS) is 11.9. The summed E-state index contributed by atoms with van der Waals surface area (Å²) in [7, 11) is 1.65. The fourth-order valence-corrected chi connectivity index (χ4v) is 3.54. The standard InChI is InChI=1S/C27H24F2N4O/c1-3-5-19(11-13-34-2)20-8-10-25-22(15-20)27(31-16-18-7-9-23(28)24(29)14-18)33-26(32-25)21-6-4-12-30-17-21/h3-12,14-15,17H,13,16H2,1-2H3,(H,31,32,33)/b5-3-,19-11+. The lowest BCUT2D eigenvalue weighted by Gasteiger charge is -2.13. The molecule has 2 heterocycles. The second-order valence-corrected chi connectivity index (χ2v) is 7.59. The van der Waals surface area contributed by atoms with E-state index >= 15 is 0 Å². The van der Waals surface area contributed by atoms with Crippen LogP contribution in [0.4, 0.5) is 14.6 Å². The minimum absolute atomic E-state index is 0.265. The van der Waals surface area contributed by atoms with Crippen LogP contribution in [0.5, 0.6) is 0 Å². The lowest BCUT2D eigenvalue weighted by molar-refractivity contribution is 0.234. The van der Waals surface area contributed by atoms with E-state index in [2.05, 4.69) is 10.3 Å². The predicted molar refractivity (Wildman–Crippen MR) is 131 cm³/mol. The van der Waals surface area contributed by atoms with E-state index in [-0.39, 0.29) is 6.54 Å². The number of nitrogens with zero attached hydrogens (tertiary/aromatic N) is 3. The van der Waals surface area contributed by atoms with Crippen LogP contribution < -0.4 is 5.32 Å². The number of aromatic nitrogens is 3. The maximum absolute atomic E-state index is 13.7. The molecule has 2 aromatic heterocycles. The molecule has 0 saturated carbocycles. The van der Waals surface area contributed by atoms with Gasteiger partial charge in [0.1, 0.15) is 5.82 Å². The SMILES string of the molecule is C/C=C\C(=C/COC)c1ccc2nc(-c3cccnc3)nc(NCc3ccc(F)c(F)c3)c2c1. The minimum Gasteiger partial charge on any atom is -0.381 e. The number of nitrogens with one attached hydrogen (secondary N) is 1. The van der Waals surface area contributed by atoms with E-state index in [4.69, 9.17) is 14.7 Å². The van der Waals surface area contributed by atoms with Crippen LogP contribution in [0.15, 0.2) is 79.2 Å². The van der Waals surface area contributed by atoms with Crippen LogP contribution in [-0.4, -0.2) is 28.7 Å². The number of ether oxygens (including phenoxy) is 1. The average molecular weight is 459 g/mol. The van der Waals surface area contributed by atoms with Gasteiger partial charge in [0.25, 0.3) is 0 Å². The first-order chi connectivity index (χ1) is 16.6. The molecule has 0 unspecified atom stereocenters. The molecule has 0 radical (unpaired) electrons. The van der Waals surface area contributed by atoms with Gasteiger partial charge in [-0.25, -0.2) is 18.7 Å². The van der Waals surface area contributed by atoms with E-state index in [0.29, 0.717) is 23.8 Å². The Morgan fingerprint density at radius 2 is 1.94 bits per heavy atom. The number of anilines is 1. The monoisotopic (exact) mass is 458 g/mol. The van der Waals surface area contributed by atoms with Crippen molar-refractivity contribution in [2.45, 2.75) is 13.5 Å². The molecule has 34 heavy (non-hydrogen) atoms. The molecule has 0 atom stereocenters. The number of halogens is 2. The Morgan fingerprint density at radius 3 is 2.68 bits per heavy atom. The van der Waals surface area contributed by atoms with Gasteiger partial charge in [0.2, 0.25) is 0 Å². The predicted octanol–water partition coefficient (Wildman–Crippen LogP) is 6.19. The Bertz CT molecular complexity index is 1350. The van der Waals surface area contributed by atoms with Gasteiger partial charge in [-0.15, -0.1) is 0 Å². The second-order valence-electron chi connectivity index (χ2n) is 7.59. The molecule has 0 aliphatic carbocycles. The first-order valence-corrected chi connectivity index (χ1v) is 10.8. The van der Waals surface area contributed by atoms with Crippen LogP contribution in [0.1, 0.15) is 18.1 Å². The van der Waals surface area contributed by atoms with Crippen LogP contribution in [0.2, 0.25) is 0 Å². The largest absolute Gasteiger partial charge is 0.381 e. The second kappa shape index (κ2) is 10.8. The third-order valence-electron chi connectivity index (χ3n) is 5.21. The van der Waals surface area contributed by atoms with Crippen molar-refractivity contribution >= 4 is 22.3 Å². The molecule has 0 fully saturated rings. The van der Waals surface area contributed by atoms with Crippen molar-refractivity contribution < 1.29 is 13.5 Å². The van der Waals surface area contributed by atoms with Crippen molar-refractivity contribution in [2.75, 3.05) is 19.0 Å². The van der Waals surface area contributed by atoms with Gasteiger partial charge in [-0.1, -0.05) is 30.4 Å². The van der Waals surface area contributed by atoms with Gasteiger partial charge in [-0.2, -0.15) is 0 Å². The topological polar surface area (TPSA) is 59.9 Å². The number of benzene rings is 2. The average Bonchev–Trinajstić information content (AvgIpc) is 2.87. The van der Waals surface area contributed by atoms with E-state index in [1.165, 1.54) is 6.07 Å². The summed E-state index contributed by atoms with van der Waals surface area (Å²) in [6.45, 7) is 2.70. The van der Waals surface area contributed by atoms with Gasteiger partial charge in [-0.3, -0.25) is 4.98 Å². The van der Waals surface area contributed by atoms with Gasteiger partial charge in [-0.05, 0) is 60.0 Å². The lowest BCUT2D eigenvalue weighted by Crippen LogP contribution is -2.05. The highest BCUT2D eigenvalue weighted by Crippen LogP contribution is 2.29. The summed E-state index contributed by atoms with van der Waals surface area (Å²) in [5, 5.41) is 4.09. The molecule has 0 spiro atoms. The van der Waals surface area contributed by atoms with Gasteiger partial charge in [0.15, 0.2) is 17.5 Å². The number of fused-ring (bicyclic) bond motifs is 1. The van der Waals surface area contributed by atoms with E-state index in [1.807, 2.05) is 55.5 Å². The molecule has 4 rings (SSSR count). The summed E-state index contributed by atoms with van der Waals surface area (Å²) < 4.78 is 32.3. The van der Waals surface area contributed by atoms with Gasteiger partial charge in [0, 0.05) is 37.0 Å². The third kappa shape index (κ3) is 5.32. The van der Waals surface area contributed by atoms with Crippen molar-refractivity contribution in [3.63, 3.8) is 0 Å². The van der Waals surface area contributed by atoms with Crippen molar-refractivity contribution in [1.82, 2.24) is 15.0 Å². The van der Waals surface area contributed by atoms with E-state index in [1.54, 1.807) is 25.6 Å². The molecule has 0 amide bonds. The zero-order chi connectivity index (χ0) is 23.9. The fraction of sp³-hybridized carbons (Fsp3) is 0.148. The first kappa shape index (κ1) is 23.2. The van der Waals surface area contributed by atoms with Crippen LogP contribution in [0.3, 0.4) is 0 Å². The Balaban J connectivity index is 1.79. The molecule has 7 heteroatoms. The quantitative estimate of drug-likeness (QED) is 0.319. The van der Waals surface area contributed by atoms with E-state index in [9.17, 15) is 8.78 Å². The fourth-order valence-electron chi connectivity index (χ4n) is 3.54. The minimum atomic E-state index is -0.885. The Labute approximate surface area is 196 Å². The molecule has 2 aromatic carbocycles. The highest BCUT2D eigenvalue weighted by molar-refractivity contribution is 5.94. The van der Waals surface area contributed by atoms with Crippen molar-refractivity contribution in [3.05, 3.63) is 102 Å². The van der Waals surface area contributed by atoms with Crippen LogP contribution in [0, 0.1) is 11.6 Å². The van der Waals surface area contributed by atoms with Gasteiger partial charge < -0.3 is 10.1 Å². The number of hydrogen-bond acceptors (Lipinski definition) is 5. The molecule has 0 bridgehead atoms. The molecular weight excluding hydrogens is 434 g/mol. The Morgan fingerprint density at radius 1 is 1.06 bits per heavy atom. The lowest BCUT2D eigenvalue weighted by atomic mass is 10.0. The summed E-state index contributed by atoms with van der Waals surface area (Å²) in [6, 6.07) is 13.5. The summed E-state index contributed by atoms with van der Waals surface area (Å²) >= 11 is 0. The maximum atomic E-state index is 13.7. The molecule has 0 aliphatic heterocycles. The number of methoxy groups -OCH3 is 1. The maximum Gasteiger partial charge on any atom is 0.163 e. The Hall–Kier alpha value is -3.97. The third-order valence-corrected chi connectivity index (χ3v) is 5.21. The highest BCUT2D eigenvalue weighted by atomic mass is 19.2. The molecule has 172 valence electrons. The molecule has 1 N–H and O–H groups in total. The van der Waals surface area contributed by atoms with E-state index < -0.39 is 11.6 Å². The summed E-state index contributed by atoms with van der Waals surface area (Å²) in [6.07, 6.45) is 9.37. The van der Waals surface area contributed by atoms with Gasteiger partial charge >= 0.3 is 0 Å². The summed E-state index contributed by atoms with van der Waals surface area (Å²) in [4.78, 5) is 13.6. The van der Waals surface area contributed by atoms with Crippen molar-refractivity contribution in [2.24, 2.45) is 0 Å². The Kier molecular flexibility index (Phi) is 7.34. The molecular formula is C27H24F2N4O. The van der Waals surface area contributed by atoms with Crippen LogP contribution >= 0.6 is 0 Å². The van der Waals surface area contributed by atoms with Crippen molar-refractivity contribution in [3.8, 4) is 11.4 Å².